The molecule has 0 radical (unpaired) electrons. The second-order valence-electron chi connectivity index (χ2n) is 5.01. The van der Waals surface area contributed by atoms with Gasteiger partial charge in [-0.2, -0.15) is 5.26 Å². The van der Waals surface area contributed by atoms with Gasteiger partial charge in [0.15, 0.2) is 0 Å². The Morgan fingerprint density at radius 2 is 2.28 bits per heavy atom. The number of aromatic amines is 1. The van der Waals surface area contributed by atoms with Gasteiger partial charge in [-0.1, -0.05) is 0 Å². The van der Waals surface area contributed by atoms with Crippen LogP contribution in [0.5, 0.6) is 0 Å². The highest BCUT2D eigenvalue weighted by Gasteiger charge is 2.35. The van der Waals surface area contributed by atoms with E-state index in [2.05, 4.69) is 11.1 Å². The van der Waals surface area contributed by atoms with Crippen molar-refractivity contribution in [1.82, 2.24) is 4.98 Å². The molecule has 3 N–H and O–H groups in total. The van der Waals surface area contributed by atoms with E-state index in [-0.39, 0.29) is 11.8 Å². The Morgan fingerprint density at radius 1 is 1.61 bits per heavy atom. The zero-order chi connectivity index (χ0) is 13.2. The summed E-state index contributed by atoms with van der Waals surface area (Å²) in [4.78, 5) is 16.9. The topological polar surface area (TPSA) is 85.9 Å². The Labute approximate surface area is 107 Å². The maximum Gasteiger partial charge on any atom is 0.229 e. The molecule has 1 aliphatic rings. The standard InChI is InChI=1S/C13H18N4O/c1-17(11-4-7-16-8-11)12(18)10-2-5-13(15,9-14)6-3-10/h4,7-8,10,16H,2-3,5-6,15H2,1H3. The molecule has 1 amide bonds. The Hall–Kier alpha value is -1.80. The summed E-state index contributed by atoms with van der Waals surface area (Å²) >= 11 is 0. The van der Waals surface area contributed by atoms with Crippen molar-refractivity contribution in [2.75, 3.05) is 11.9 Å². The smallest absolute Gasteiger partial charge is 0.229 e. The van der Waals surface area contributed by atoms with Crippen molar-refractivity contribution in [3.05, 3.63) is 18.5 Å². The van der Waals surface area contributed by atoms with Crippen molar-refractivity contribution in [2.24, 2.45) is 11.7 Å². The number of carbonyl (C=O) groups excluding carboxylic acids is 1. The van der Waals surface area contributed by atoms with Crippen LogP contribution >= 0.6 is 0 Å². The second kappa shape index (κ2) is 4.83. The third-order valence-corrected chi connectivity index (χ3v) is 3.75. The molecule has 1 aromatic rings. The Bertz CT molecular complexity index is 452. The molecule has 0 bridgehead atoms. The van der Waals surface area contributed by atoms with Crippen molar-refractivity contribution in [3.63, 3.8) is 0 Å². The van der Waals surface area contributed by atoms with Crippen LogP contribution in [0.1, 0.15) is 25.7 Å². The maximum absolute atomic E-state index is 12.3. The van der Waals surface area contributed by atoms with Gasteiger partial charge in [0.05, 0.1) is 11.8 Å². The van der Waals surface area contributed by atoms with Crippen molar-refractivity contribution >= 4 is 11.6 Å². The van der Waals surface area contributed by atoms with Crippen LogP contribution in [0.3, 0.4) is 0 Å². The largest absolute Gasteiger partial charge is 0.366 e. The molecule has 5 nitrogen and oxygen atoms in total. The Kier molecular flexibility index (Phi) is 3.39. The van der Waals surface area contributed by atoms with Gasteiger partial charge < -0.3 is 15.6 Å². The molecular weight excluding hydrogens is 228 g/mol. The number of anilines is 1. The van der Waals surface area contributed by atoms with Crippen LogP contribution in [-0.4, -0.2) is 23.5 Å². The third kappa shape index (κ3) is 2.39. The van der Waals surface area contributed by atoms with Gasteiger partial charge in [0.25, 0.3) is 0 Å². The SMILES string of the molecule is CN(C(=O)C1CCC(N)(C#N)CC1)c1cc[nH]c1. The lowest BCUT2D eigenvalue weighted by molar-refractivity contribution is -0.123. The van der Waals surface area contributed by atoms with Crippen molar-refractivity contribution < 1.29 is 4.79 Å². The molecule has 1 fully saturated rings. The first kappa shape index (κ1) is 12.7. The van der Waals surface area contributed by atoms with Gasteiger partial charge in [0.1, 0.15) is 5.54 Å². The highest BCUT2D eigenvalue weighted by molar-refractivity contribution is 5.94. The monoisotopic (exact) mass is 246 g/mol. The number of hydrogen-bond acceptors (Lipinski definition) is 3. The summed E-state index contributed by atoms with van der Waals surface area (Å²) in [5.41, 5.74) is 6.03. The zero-order valence-corrected chi connectivity index (χ0v) is 10.5. The molecule has 1 heterocycles. The molecule has 0 aliphatic heterocycles. The Morgan fingerprint density at radius 3 is 2.78 bits per heavy atom. The van der Waals surface area contributed by atoms with Crippen LogP contribution < -0.4 is 10.6 Å². The molecule has 0 unspecified atom stereocenters. The quantitative estimate of drug-likeness (QED) is 0.826. The lowest BCUT2D eigenvalue weighted by atomic mass is 9.77. The third-order valence-electron chi connectivity index (χ3n) is 3.75. The summed E-state index contributed by atoms with van der Waals surface area (Å²) in [5, 5.41) is 8.96. The maximum atomic E-state index is 12.3. The van der Waals surface area contributed by atoms with E-state index in [0.717, 1.165) is 5.69 Å². The number of nitrogens with one attached hydrogen (secondary N) is 1. The first-order valence-electron chi connectivity index (χ1n) is 6.16. The van der Waals surface area contributed by atoms with E-state index in [4.69, 9.17) is 11.0 Å². The van der Waals surface area contributed by atoms with Gasteiger partial charge >= 0.3 is 0 Å². The lowest BCUT2D eigenvalue weighted by Crippen LogP contribution is -2.45. The molecule has 1 aliphatic carbocycles. The normalized spacial score (nSPS) is 27.5. The molecule has 1 saturated carbocycles. The summed E-state index contributed by atoms with van der Waals surface area (Å²) in [6, 6.07) is 4.01. The van der Waals surface area contributed by atoms with Gasteiger partial charge in [0, 0.05) is 25.4 Å². The van der Waals surface area contributed by atoms with Gasteiger partial charge in [-0.3, -0.25) is 4.79 Å². The fourth-order valence-electron chi connectivity index (χ4n) is 2.42. The molecule has 2 rings (SSSR count). The van der Waals surface area contributed by atoms with Crippen LogP contribution in [0, 0.1) is 17.2 Å². The molecule has 1 aromatic heterocycles. The zero-order valence-electron chi connectivity index (χ0n) is 10.5. The highest BCUT2D eigenvalue weighted by Crippen LogP contribution is 2.31. The fraction of sp³-hybridized carbons (Fsp3) is 0.538. The molecule has 0 aromatic carbocycles. The molecular formula is C13H18N4O. The minimum absolute atomic E-state index is 0.0186. The van der Waals surface area contributed by atoms with Crippen LogP contribution in [0.4, 0.5) is 5.69 Å². The van der Waals surface area contributed by atoms with Gasteiger partial charge in [-0.25, -0.2) is 0 Å². The minimum atomic E-state index is -0.733. The first-order valence-corrected chi connectivity index (χ1v) is 6.16. The van der Waals surface area contributed by atoms with E-state index in [1.807, 2.05) is 6.07 Å². The summed E-state index contributed by atoms with van der Waals surface area (Å²) in [6.07, 6.45) is 6.17. The number of H-pyrrole nitrogens is 1. The number of rotatable bonds is 2. The lowest BCUT2D eigenvalue weighted by Gasteiger charge is -2.32. The van der Waals surface area contributed by atoms with Crippen LogP contribution in [-0.2, 0) is 4.79 Å². The van der Waals surface area contributed by atoms with Crippen molar-refractivity contribution in [1.29, 1.82) is 5.26 Å². The van der Waals surface area contributed by atoms with Crippen LogP contribution in [0.25, 0.3) is 0 Å². The predicted molar refractivity (Wildman–Crippen MR) is 68.7 cm³/mol. The average Bonchev–Trinajstić information content (AvgIpc) is 2.92. The number of aromatic nitrogens is 1. The molecule has 96 valence electrons. The number of carbonyl (C=O) groups is 1. The number of nitrogens with two attached hydrogens (primary N) is 1. The van der Waals surface area contributed by atoms with E-state index in [9.17, 15) is 4.79 Å². The van der Waals surface area contributed by atoms with Gasteiger partial charge in [-0.15, -0.1) is 0 Å². The summed E-state index contributed by atoms with van der Waals surface area (Å²) in [6.45, 7) is 0. The Balaban J connectivity index is 1.98. The van der Waals surface area contributed by atoms with Crippen molar-refractivity contribution in [3.8, 4) is 6.07 Å². The average molecular weight is 246 g/mol. The molecule has 18 heavy (non-hydrogen) atoms. The number of amides is 1. The van der Waals surface area contributed by atoms with Crippen molar-refractivity contribution in [2.45, 2.75) is 31.2 Å². The summed E-state index contributed by atoms with van der Waals surface area (Å²) in [5.74, 6) is 0.0875. The second-order valence-corrected chi connectivity index (χ2v) is 5.01. The fourth-order valence-corrected chi connectivity index (χ4v) is 2.42. The molecule has 0 atom stereocenters. The van der Waals surface area contributed by atoms with E-state index in [0.29, 0.717) is 25.7 Å². The molecule has 0 saturated heterocycles. The van der Waals surface area contributed by atoms with E-state index >= 15 is 0 Å². The minimum Gasteiger partial charge on any atom is -0.366 e. The molecule has 0 spiro atoms. The predicted octanol–water partition coefficient (Wildman–Crippen LogP) is 1.39. The van der Waals surface area contributed by atoms with Gasteiger partial charge in [0.2, 0.25) is 5.91 Å². The number of hydrogen-bond donors (Lipinski definition) is 2. The molecule has 5 heteroatoms. The van der Waals surface area contributed by atoms with E-state index in [1.165, 1.54) is 0 Å². The van der Waals surface area contributed by atoms with E-state index in [1.54, 1.807) is 24.3 Å². The van der Waals surface area contributed by atoms with Crippen LogP contribution in [0.2, 0.25) is 0 Å². The summed E-state index contributed by atoms with van der Waals surface area (Å²) < 4.78 is 0. The van der Waals surface area contributed by atoms with E-state index < -0.39 is 5.54 Å². The first-order chi connectivity index (χ1) is 8.56. The highest BCUT2D eigenvalue weighted by atomic mass is 16.2. The number of nitrogens with zero attached hydrogens (tertiary/aromatic N) is 2. The summed E-state index contributed by atoms with van der Waals surface area (Å²) in [7, 11) is 1.78. The number of nitriles is 1. The van der Waals surface area contributed by atoms with Gasteiger partial charge in [-0.05, 0) is 31.7 Å². The van der Waals surface area contributed by atoms with Crippen LogP contribution in [0.15, 0.2) is 18.5 Å².